The fourth-order valence-electron chi connectivity index (χ4n) is 3.97. The van der Waals surface area contributed by atoms with Gasteiger partial charge in [-0.3, -0.25) is 0 Å². The van der Waals surface area contributed by atoms with Crippen molar-refractivity contribution in [2.75, 3.05) is 23.7 Å². The average molecular weight is 290 g/mol. The van der Waals surface area contributed by atoms with Crippen LogP contribution in [0.5, 0.6) is 0 Å². The van der Waals surface area contributed by atoms with Crippen molar-refractivity contribution in [1.29, 1.82) is 0 Å². The first-order valence-electron chi connectivity index (χ1n) is 8.09. The standard InChI is InChI=1S/C16H26N4O/c1-11(2)13-14(17)18-10-19-15(13)20-8-7-16(21)6-4-3-5-12(16)9-20/h10-12,21H,3-9H2,1-2H3,(H2,17,18,19). The lowest BCUT2D eigenvalue weighted by atomic mass is 9.71. The van der Waals surface area contributed by atoms with Crippen LogP contribution >= 0.6 is 0 Å². The molecule has 1 aliphatic heterocycles. The van der Waals surface area contributed by atoms with Crippen LogP contribution in [-0.2, 0) is 0 Å². The van der Waals surface area contributed by atoms with Crippen molar-refractivity contribution in [3.8, 4) is 0 Å². The number of hydrogen-bond donors (Lipinski definition) is 2. The maximum absolute atomic E-state index is 10.8. The largest absolute Gasteiger partial charge is 0.389 e. The van der Waals surface area contributed by atoms with Crippen molar-refractivity contribution in [2.45, 2.75) is 57.5 Å². The van der Waals surface area contributed by atoms with Gasteiger partial charge in [0.05, 0.1) is 5.60 Å². The van der Waals surface area contributed by atoms with Crippen LogP contribution in [0.1, 0.15) is 57.4 Å². The Labute approximate surface area is 126 Å². The zero-order valence-electron chi connectivity index (χ0n) is 13.0. The molecule has 2 fully saturated rings. The van der Waals surface area contributed by atoms with Crippen LogP contribution in [0.25, 0.3) is 0 Å². The normalized spacial score (nSPS) is 29.5. The summed E-state index contributed by atoms with van der Waals surface area (Å²) in [5.74, 6) is 2.20. The molecule has 0 radical (unpaired) electrons. The first-order chi connectivity index (χ1) is 10.0. The molecular formula is C16H26N4O. The van der Waals surface area contributed by atoms with Crippen LogP contribution in [-0.4, -0.2) is 33.8 Å². The Bertz CT molecular complexity index is 519. The van der Waals surface area contributed by atoms with E-state index in [4.69, 9.17) is 5.73 Å². The third-order valence-electron chi connectivity index (χ3n) is 5.20. The summed E-state index contributed by atoms with van der Waals surface area (Å²) in [4.78, 5) is 10.9. The molecule has 21 heavy (non-hydrogen) atoms. The molecule has 0 amide bonds. The molecule has 3 rings (SSSR count). The summed E-state index contributed by atoms with van der Waals surface area (Å²) in [5.41, 5.74) is 6.65. The SMILES string of the molecule is CC(C)c1c(N)ncnc1N1CCC2(O)CCCCC2C1. The minimum absolute atomic E-state index is 0.299. The lowest BCUT2D eigenvalue weighted by molar-refractivity contribution is -0.0613. The Kier molecular flexibility index (Phi) is 3.78. The lowest BCUT2D eigenvalue weighted by Crippen LogP contribution is -2.53. The highest BCUT2D eigenvalue weighted by atomic mass is 16.3. The van der Waals surface area contributed by atoms with Gasteiger partial charge in [0.15, 0.2) is 0 Å². The quantitative estimate of drug-likeness (QED) is 0.874. The molecule has 116 valence electrons. The molecule has 0 spiro atoms. The van der Waals surface area contributed by atoms with Gasteiger partial charge in [-0.1, -0.05) is 26.7 Å². The average Bonchev–Trinajstić information content (AvgIpc) is 2.45. The number of fused-ring (bicyclic) bond motifs is 1. The highest BCUT2D eigenvalue weighted by Gasteiger charge is 2.43. The van der Waals surface area contributed by atoms with Crippen molar-refractivity contribution in [3.05, 3.63) is 11.9 Å². The van der Waals surface area contributed by atoms with Crippen LogP contribution in [0.2, 0.25) is 0 Å². The molecule has 3 N–H and O–H groups in total. The van der Waals surface area contributed by atoms with E-state index < -0.39 is 5.60 Å². The number of anilines is 2. The predicted octanol–water partition coefficient (Wildman–Crippen LogP) is 2.31. The lowest BCUT2D eigenvalue weighted by Gasteiger charge is -2.48. The summed E-state index contributed by atoms with van der Waals surface area (Å²) < 4.78 is 0. The highest BCUT2D eigenvalue weighted by molar-refractivity contribution is 5.58. The molecule has 2 aliphatic rings. The second-order valence-corrected chi connectivity index (χ2v) is 6.89. The third-order valence-corrected chi connectivity index (χ3v) is 5.20. The van der Waals surface area contributed by atoms with Crippen molar-refractivity contribution >= 4 is 11.6 Å². The van der Waals surface area contributed by atoms with E-state index >= 15 is 0 Å². The number of nitrogen functional groups attached to an aromatic ring is 1. The van der Waals surface area contributed by atoms with Gasteiger partial charge in [0.25, 0.3) is 0 Å². The number of nitrogens with two attached hydrogens (primary N) is 1. The molecule has 5 heteroatoms. The number of aliphatic hydroxyl groups is 1. The Morgan fingerprint density at radius 2 is 2.14 bits per heavy atom. The summed E-state index contributed by atoms with van der Waals surface area (Å²) >= 11 is 0. The van der Waals surface area contributed by atoms with Gasteiger partial charge in [-0.25, -0.2) is 9.97 Å². The first-order valence-corrected chi connectivity index (χ1v) is 8.09. The van der Waals surface area contributed by atoms with Gasteiger partial charge in [0.2, 0.25) is 0 Å². The van der Waals surface area contributed by atoms with Crippen LogP contribution in [0.15, 0.2) is 6.33 Å². The number of nitrogens with zero attached hydrogens (tertiary/aromatic N) is 3. The minimum Gasteiger partial charge on any atom is -0.389 e. The number of aromatic nitrogens is 2. The third kappa shape index (κ3) is 2.59. The van der Waals surface area contributed by atoms with Gasteiger partial charge in [0, 0.05) is 24.6 Å². The molecule has 1 saturated carbocycles. The fourth-order valence-corrected chi connectivity index (χ4v) is 3.97. The molecule has 2 unspecified atom stereocenters. The van der Waals surface area contributed by atoms with E-state index in [1.807, 2.05) is 0 Å². The molecule has 0 aromatic carbocycles. The Hall–Kier alpha value is -1.36. The second-order valence-electron chi connectivity index (χ2n) is 6.89. The molecule has 1 aromatic rings. The number of rotatable bonds is 2. The van der Waals surface area contributed by atoms with Crippen molar-refractivity contribution in [2.24, 2.45) is 5.92 Å². The van der Waals surface area contributed by atoms with Gasteiger partial charge in [-0.2, -0.15) is 0 Å². The van der Waals surface area contributed by atoms with Gasteiger partial charge in [-0.05, 0) is 25.2 Å². The fraction of sp³-hybridized carbons (Fsp3) is 0.750. The second kappa shape index (κ2) is 5.44. The Balaban J connectivity index is 1.87. The minimum atomic E-state index is -0.453. The van der Waals surface area contributed by atoms with Gasteiger partial charge >= 0.3 is 0 Å². The predicted molar refractivity (Wildman–Crippen MR) is 84.3 cm³/mol. The van der Waals surface area contributed by atoms with Crippen LogP contribution in [0.3, 0.4) is 0 Å². The molecule has 1 aromatic heterocycles. The number of piperidine rings is 1. The van der Waals surface area contributed by atoms with E-state index in [1.165, 1.54) is 6.42 Å². The molecular weight excluding hydrogens is 264 g/mol. The first kappa shape index (κ1) is 14.6. The Morgan fingerprint density at radius 1 is 1.33 bits per heavy atom. The molecule has 2 heterocycles. The molecule has 1 saturated heterocycles. The van der Waals surface area contributed by atoms with E-state index in [2.05, 4.69) is 28.7 Å². The van der Waals surface area contributed by atoms with E-state index in [0.717, 1.165) is 50.2 Å². The van der Waals surface area contributed by atoms with Gasteiger partial charge in [-0.15, -0.1) is 0 Å². The van der Waals surface area contributed by atoms with Crippen molar-refractivity contribution in [1.82, 2.24) is 9.97 Å². The summed E-state index contributed by atoms with van der Waals surface area (Å²) in [5, 5.41) is 10.8. The zero-order valence-corrected chi connectivity index (χ0v) is 13.0. The van der Waals surface area contributed by atoms with Crippen LogP contribution in [0, 0.1) is 5.92 Å². The maximum Gasteiger partial charge on any atom is 0.137 e. The monoisotopic (exact) mass is 290 g/mol. The summed E-state index contributed by atoms with van der Waals surface area (Å²) in [6.45, 7) is 5.98. The van der Waals surface area contributed by atoms with E-state index in [0.29, 0.717) is 17.7 Å². The topological polar surface area (TPSA) is 75.3 Å². The number of hydrogen-bond acceptors (Lipinski definition) is 5. The van der Waals surface area contributed by atoms with Crippen molar-refractivity contribution in [3.63, 3.8) is 0 Å². The molecule has 2 atom stereocenters. The Morgan fingerprint density at radius 3 is 2.90 bits per heavy atom. The zero-order chi connectivity index (χ0) is 15.0. The van der Waals surface area contributed by atoms with Gasteiger partial charge < -0.3 is 15.7 Å². The molecule has 0 bridgehead atoms. The maximum atomic E-state index is 10.8. The smallest absolute Gasteiger partial charge is 0.137 e. The van der Waals surface area contributed by atoms with E-state index in [1.54, 1.807) is 6.33 Å². The summed E-state index contributed by atoms with van der Waals surface area (Å²) in [6.07, 6.45) is 6.84. The van der Waals surface area contributed by atoms with Crippen LogP contribution < -0.4 is 10.6 Å². The van der Waals surface area contributed by atoms with E-state index in [-0.39, 0.29) is 0 Å². The highest BCUT2D eigenvalue weighted by Crippen LogP contribution is 2.41. The molecule has 1 aliphatic carbocycles. The van der Waals surface area contributed by atoms with Crippen LogP contribution in [0.4, 0.5) is 11.6 Å². The van der Waals surface area contributed by atoms with E-state index in [9.17, 15) is 5.11 Å². The van der Waals surface area contributed by atoms with Gasteiger partial charge in [0.1, 0.15) is 18.0 Å². The van der Waals surface area contributed by atoms with Crippen molar-refractivity contribution < 1.29 is 5.11 Å². The molecule has 5 nitrogen and oxygen atoms in total. The summed E-state index contributed by atoms with van der Waals surface area (Å²) in [6, 6.07) is 0. The summed E-state index contributed by atoms with van der Waals surface area (Å²) in [7, 11) is 0.